The maximum Gasteiger partial charge on any atom is 0.313 e. The van der Waals surface area contributed by atoms with Crippen molar-refractivity contribution in [3.05, 3.63) is 66.4 Å². The maximum atomic E-state index is 11.9. The standard InChI is InChI=1S/C18H17N3O3/c22-16(12-4-2-1-3-5-12)11-20-17(23)18(24)21-14-6-7-15-13(10-14)8-9-19-15/h1-10,16,19,22H,11H2,(H,20,23)(H,21,24)/t16-/m0/s1. The average molecular weight is 323 g/mol. The lowest BCUT2D eigenvalue weighted by atomic mass is 10.1. The molecule has 1 atom stereocenters. The third-order valence-corrected chi connectivity index (χ3v) is 3.66. The van der Waals surface area contributed by atoms with Crippen molar-refractivity contribution in [3.8, 4) is 0 Å². The molecule has 0 radical (unpaired) electrons. The van der Waals surface area contributed by atoms with Gasteiger partial charge in [0, 0.05) is 29.3 Å². The number of benzene rings is 2. The van der Waals surface area contributed by atoms with Gasteiger partial charge in [0.25, 0.3) is 0 Å². The first kappa shape index (κ1) is 15.8. The van der Waals surface area contributed by atoms with E-state index >= 15 is 0 Å². The van der Waals surface area contributed by atoms with E-state index in [0.29, 0.717) is 11.3 Å². The Hall–Kier alpha value is -3.12. The summed E-state index contributed by atoms with van der Waals surface area (Å²) in [5.41, 5.74) is 2.16. The van der Waals surface area contributed by atoms with Crippen LogP contribution < -0.4 is 10.6 Å². The van der Waals surface area contributed by atoms with Crippen LogP contribution in [0, 0.1) is 0 Å². The zero-order chi connectivity index (χ0) is 16.9. The Balaban J connectivity index is 1.55. The summed E-state index contributed by atoms with van der Waals surface area (Å²) < 4.78 is 0. The second-order valence-electron chi connectivity index (χ2n) is 5.37. The van der Waals surface area contributed by atoms with E-state index in [1.807, 2.05) is 18.2 Å². The molecule has 0 spiro atoms. The van der Waals surface area contributed by atoms with Gasteiger partial charge in [-0.15, -0.1) is 0 Å². The first-order valence-electron chi connectivity index (χ1n) is 7.53. The number of hydrogen-bond donors (Lipinski definition) is 4. The highest BCUT2D eigenvalue weighted by atomic mass is 16.3. The van der Waals surface area contributed by atoms with Crippen molar-refractivity contribution in [2.75, 3.05) is 11.9 Å². The molecule has 3 rings (SSSR count). The molecular formula is C18H17N3O3. The number of rotatable bonds is 4. The first-order valence-corrected chi connectivity index (χ1v) is 7.53. The Morgan fingerprint density at radius 3 is 2.62 bits per heavy atom. The van der Waals surface area contributed by atoms with Gasteiger partial charge in [-0.2, -0.15) is 0 Å². The molecule has 6 heteroatoms. The summed E-state index contributed by atoms with van der Waals surface area (Å²) in [5.74, 6) is -1.57. The van der Waals surface area contributed by atoms with Crippen molar-refractivity contribution >= 4 is 28.4 Å². The Bertz CT molecular complexity index is 858. The predicted octanol–water partition coefficient (Wildman–Crippen LogP) is 1.96. The molecule has 1 aromatic heterocycles. The van der Waals surface area contributed by atoms with Gasteiger partial charge in [0.05, 0.1) is 6.10 Å². The summed E-state index contributed by atoms with van der Waals surface area (Å²) in [6, 6.07) is 16.1. The van der Waals surface area contributed by atoms with Gasteiger partial charge in [-0.3, -0.25) is 9.59 Å². The fourth-order valence-electron chi connectivity index (χ4n) is 2.38. The zero-order valence-electron chi connectivity index (χ0n) is 12.8. The summed E-state index contributed by atoms with van der Waals surface area (Å²) in [6.07, 6.45) is 0.938. The molecule has 3 aromatic rings. The van der Waals surface area contributed by atoms with Crippen LogP contribution in [0.3, 0.4) is 0 Å². The number of anilines is 1. The monoisotopic (exact) mass is 323 g/mol. The average Bonchev–Trinajstić information content (AvgIpc) is 3.07. The lowest BCUT2D eigenvalue weighted by molar-refractivity contribution is -0.136. The fourth-order valence-corrected chi connectivity index (χ4v) is 2.38. The lowest BCUT2D eigenvalue weighted by Crippen LogP contribution is -2.37. The maximum absolute atomic E-state index is 11.9. The van der Waals surface area contributed by atoms with Crippen LogP contribution in [0.4, 0.5) is 5.69 Å². The van der Waals surface area contributed by atoms with E-state index in [4.69, 9.17) is 0 Å². The van der Waals surface area contributed by atoms with Crippen LogP contribution in [0.2, 0.25) is 0 Å². The number of aliphatic hydroxyl groups is 1. The lowest BCUT2D eigenvalue weighted by Gasteiger charge is -2.12. The molecule has 6 nitrogen and oxygen atoms in total. The topological polar surface area (TPSA) is 94.2 Å². The summed E-state index contributed by atoms with van der Waals surface area (Å²) in [6.45, 7) is -0.0346. The molecule has 0 saturated carbocycles. The summed E-state index contributed by atoms with van der Waals surface area (Å²) >= 11 is 0. The Kier molecular flexibility index (Phi) is 4.58. The van der Waals surface area contributed by atoms with E-state index in [-0.39, 0.29) is 6.54 Å². The number of carbonyl (C=O) groups is 2. The Morgan fingerprint density at radius 2 is 1.83 bits per heavy atom. The third kappa shape index (κ3) is 3.61. The van der Waals surface area contributed by atoms with Crippen molar-refractivity contribution in [1.29, 1.82) is 0 Å². The third-order valence-electron chi connectivity index (χ3n) is 3.66. The number of fused-ring (bicyclic) bond motifs is 1. The van der Waals surface area contributed by atoms with Gasteiger partial charge in [0.15, 0.2) is 0 Å². The van der Waals surface area contributed by atoms with E-state index in [2.05, 4.69) is 15.6 Å². The summed E-state index contributed by atoms with van der Waals surface area (Å²) in [4.78, 5) is 26.8. The smallest absolute Gasteiger partial charge is 0.313 e. The van der Waals surface area contributed by atoms with E-state index in [9.17, 15) is 14.7 Å². The summed E-state index contributed by atoms with van der Waals surface area (Å²) in [7, 11) is 0. The molecule has 2 amide bonds. The molecular weight excluding hydrogens is 306 g/mol. The van der Waals surface area contributed by atoms with Crippen LogP contribution in [-0.4, -0.2) is 28.4 Å². The van der Waals surface area contributed by atoms with Crippen molar-refractivity contribution in [3.63, 3.8) is 0 Å². The quantitative estimate of drug-likeness (QED) is 0.553. The van der Waals surface area contributed by atoms with Crippen LogP contribution in [0.25, 0.3) is 10.9 Å². The number of aromatic amines is 1. The van der Waals surface area contributed by atoms with Gasteiger partial charge < -0.3 is 20.7 Å². The number of carbonyl (C=O) groups excluding carboxylic acids is 2. The molecule has 2 aromatic carbocycles. The van der Waals surface area contributed by atoms with Gasteiger partial charge >= 0.3 is 11.8 Å². The van der Waals surface area contributed by atoms with Gasteiger partial charge in [0.1, 0.15) is 0 Å². The number of amides is 2. The highest BCUT2D eigenvalue weighted by molar-refractivity contribution is 6.39. The van der Waals surface area contributed by atoms with E-state index < -0.39 is 17.9 Å². The number of hydrogen-bond acceptors (Lipinski definition) is 3. The van der Waals surface area contributed by atoms with Gasteiger partial charge in [-0.25, -0.2) is 0 Å². The molecule has 0 fully saturated rings. The Labute approximate surface area is 138 Å². The van der Waals surface area contributed by atoms with E-state index in [0.717, 1.165) is 10.9 Å². The number of H-pyrrole nitrogens is 1. The van der Waals surface area contributed by atoms with Crippen molar-refractivity contribution in [1.82, 2.24) is 10.3 Å². The molecule has 1 heterocycles. The second kappa shape index (κ2) is 6.97. The van der Waals surface area contributed by atoms with Crippen molar-refractivity contribution < 1.29 is 14.7 Å². The van der Waals surface area contributed by atoms with E-state index in [1.165, 1.54) is 0 Å². The highest BCUT2D eigenvalue weighted by Gasteiger charge is 2.16. The van der Waals surface area contributed by atoms with Crippen LogP contribution in [0.1, 0.15) is 11.7 Å². The van der Waals surface area contributed by atoms with Crippen molar-refractivity contribution in [2.45, 2.75) is 6.10 Å². The number of aliphatic hydroxyl groups excluding tert-OH is 1. The van der Waals surface area contributed by atoms with Gasteiger partial charge in [0.2, 0.25) is 0 Å². The Morgan fingerprint density at radius 1 is 1.04 bits per heavy atom. The minimum atomic E-state index is -0.862. The van der Waals surface area contributed by atoms with Crippen LogP contribution in [-0.2, 0) is 9.59 Å². The molecule has 0 unspecified atom stereocenters. The normalized spacial score (nSPS) is 11.9. The van der Waals surface area contributed by atoms with E-state index in [1.54, 1.807) is 42.6 Å². The van der Waals surface area contributed by atoms with Gasteiger partial charge in [-0.1, -0.05) is 30.3 Å². The minimum absolute atomic E-state index is 0.0346. The van der Waals surface area contributed by atoms with Crippen LogP contribution in [0.5, 0.6) is 0 Å². The molecule has 24 heavy (non-hydrogen) atoms. The van der Waals surface area contributed by atoms with Crippen molar-refractivity contribution in [2.24, 2.45) is 0 Å². The number of aromatic nitrogens is 1. The molecule has 4 N–H and O–H groups in total. The van der Waals surface area contributed by atoms with Crippen LogP contribution in [0.15, 0.2) is 60.8 Å². The second-order valence-corrected chi connectivity index (χ2v) is 5.37. The van der Waals surface area contributed by atoms with Crippen LogP contribution >= 0.6 is 0 Å². The van der Waals surface area contributed by atoms with Gasteiger partial charge in [-0.05, 0) is 29.8 Å². The SMILES string of the molecule is O=C(NC[C@H](O)c1ccccc1)C(=O)Nc1ccc2[nH]ccc2c1. The first-order chi connectivity index (χ1) is 11.6. The minimum Gasteiger partial charge on any atom is -0.387 e. The number of nitrogens with one attached hydrogen (secondary N) is 3. The zero-order valence-corrected chi connectivity index (χ0v) is 12.8. The summed E-state index contributed by atoms with van der Waals surface area (Å²) in [5, 5.41) is 15.9. The molecule has 122 valence electrons. The predicted molar refractivity (Wildman–Crippen MR) is 91.3 cm³/mol. The highest BCUT2D eigenvalue weighted by Crippen LogP contribution is 2.17. The largest absolute Gasteiger partial charge is 0.387 e. The molecule has 0 aliphatic carbocycles. The molecule has 0 aliphatic rings. The molecule has 0 saturated heterocycles. The fraction of sp³-hybridized carbons (Fsp3) is 0.111. The molecule has 0 bridgehead atoms. The molecule has 0 aliphatic heterocycles.